The second-order valence-corrected chi connectivity index (χ2v) is 8.29. The Labute approximate surface area is 180 Å². The summed E-state index contributed by atoms with van der Waals surface area (Å²) in [5, 5.41) is 12.6. The van der Waals surface area contributed by atoms with Gasteiger partial charge in [-0.2, -0.15) is 0 Å². The zero-order chi connectivity index (χ0) is 22.1. The average molecular weight is 430 g/mol. The van der Waals surface area contributed by atoms with Crippen molar-refractivity contribution in [3.05, 3.63) is 70.9 Å². The molecule has 0 aliphatic rings. The van der Waals surface area contributed by atoms with Crippen LogP contribution in [0.5, 0.6) is 0 Å². The van der Waals surface area contributed by atoms with E-state index in [0.29, 0.717) is 15.9 Å². The molecule has 0 unspecified atom stereocenters. The number of aromatic nitrogens is 1. The van der Waals surface area contributed by atoms with Crippen LogP contribution in [0.1, 0.15) is 38.8 Å². The molecule has 0 spiro atoms. The SMILES string of the molecule is CCOC(=O)[C@@](O)(c1cccc(Cl)c1)c1cn(C(=O)OC(C)(C)C)c2ccccc12. The van der Waals surface area contributed by atoms with Crippen LogP contribution in [0.2, 0.25) is 5.02 Å². The maximum atomic E-state index is 13.0. The summed E-state index contributed by atoms with van der Waals surface area (Å²) in [6.45, 7) is 7.02. The Hall–Kier alpha value is -2.83. The number of fused-ring (bicyclic) bond motifs is 1. The van der Waals surface area contributed by atoms with Crippen molar-refractivity contribution < 1.29 is 24.2 Å². The first-order chi connectivity index (χ1) is 14.1. The van der Waals surface area contributed by atoms with Crippen LogP contribution in [-0.4, -0.2) is 33.9 Å². The quantitative estimate of drug-likeness (QED) is 0.598. The van der Waals surface area contributed by atoms with Crippen molar-refractivity contribution in [2.45, 2.75) is 38.9 Å². The maximum Gasteiger partial charge on any atom is 0.419 e. The van der Waals surface area contributed by atoms with E-state index in [1.54, 1.807) is 70.2 Å². The summed E-state index contributed by atoms with van der Waals surface area (Å²) in [4.78, 5) is 25.8. The summed E-state index contributed by atoms with van der Waals surface area (Å²) in [6.07, 6.45) is 0.790. The number of hydrogen-bond donors (Lipinski definition) is 1. The van der Waals surface area contributed by atoms with Gasteiger partial charge in [-0.1, -0.05) is 41.9 Å². The van der Waals surface area contributed by atoms with E-state index in [0.717, 1.165) is 0 Å². The third-order valence-corrected chi connectivity index (χ3v) is 4.74. The van der Waals surface area contributed by atoms with Crippen LogP contribution in [-0.2, 0) is 19.9 Å². The van der Waals surface area contributed by atoms with Crippen LogP contribution in [0, 0.1) is 0 Å². The lowest BCUT2D eigenvalue weighted by Gasteiger charge is -2.26. The second-order valence-electron chi connectivity index (χ2n) is 7.85. The van der Waals surface area contributed by atoms with E-state index < -0.39 is 23.3 Å². The molecular formula is C23H24ClNO5. The van der Waals surface area contributed by atoms with Gasteiger partial charge in [0.25, 0.3) is 0 Å². The highest BCUT2D eigenvalue weighted by Gasteiger charge is 2.44. The molecular weight excluding hydrogens is 406 g/mol. The maximum absolute atomic E-state index is 13.0. The standard InChI is InChI=1S/C23H24ClNO5/c1-5-29-20(26)23(28,15-9-8-10-16(24)13-15)18-14-25(21(27)30-22(2,3)4)19-12-7-6-11-17(18)19/h6-14,28H,5H2,1-4H3/t23-/m1/s1. The van der Waals surface area contributed by atoms with E-state index >= 15 is 0 Å². The minimum atomic E-state index is -2.17. The fourth-order valence-electron chi connectivity index (χ4n) is 3.26. The Morgan fingerprint density at radius 1 is 1.10 bits per heavy atom. The number of esters is 1. The first-order valence-corrected chi connectivity index (χ1v) is 9.95. The summed E-state index contributed by atoms with van der Waals surface area (Å²) in [7, 11) is 0. The lowest BCUT2D eigenvalue weighted by atomic mass is 9.86. The van der Waals surface area contributed by atoms with Crippen molar-refractivity contribution >= 4 is 34.6 Å². The molecule has 3 rings (SSSR count). The third kappa shape index (κ3) is 4.06. The predicted octanol–water partition coefficient (Wildman–Crippen LogP) is 4.88. The number of halogens is 1. The highest BCUT2D eigenvalue weighted by atomic mass is 35.5. The van der Waals surface area contributed by atoms with Crippen LogP contribution in [0.3, 0.4) is 0 Å². The molecule has 3 aromatic rings. The van der Waals surface area contributed by atoms with Crippen molar-refractivity contribution in [3.8, 4) is 0 Å². The number of para-hydroxylation sites is 1. The summed E-state index contributed by atoms with van der Waals surface area (Å²) in [6, 6.07) is 13.3. The molecule has 158 valence electrons. The van der Waals surface area contributed by atoms with E-state index in [2.05, 4.69) is 0 Å². The van der Waals surface area contributed by atoms with E-state index in [1.807, 2.05) is 0 Å². The fraction of sp³-hybridized carbons (Fsp3) is 0.304. The topological polar surface area (TPSA) is 77.8 Å². The third-order valence-electron chi connectivity index (χ3n) is 4.51. The molecule has 0 bridgehead atoms. The lowest BCUT2D eigenvalue weighted by Crippen LogP contribution is -2.38. The molecule has 0 aliphatic heterocycles. The van der Waals surface area contributed by atoms with E-state index in [-0.39, 0.29) is 17.7 Å². The van der Waals surface area contributed by atoms with Gasteiger partial charge in [-0.25, -0.2) is 9.59 Å². The number of benzene rings is 2. The Morgan fingerprint density at radius 2 is 1.80 bits per heavy atom. The number of ether oxygens (including phenoxy) is 2. The van der Waals surface area contributed by atoms with Crippen LogP contribution < -0.4 is 0 Å². The van der Waals surface area contributed by atoms with Gasteiger partial charge in [0, 0.05) is 27.7 Å². The molecule has 0 amide bonds. The molecule has 6 nitrogen and oxygen atoms in total. The Morgan fingerprint density at radius 3 is 2.43 bits per heavy atom. The highest BCUT2D eigenvalue weighted by molar-refractivity contribution is 6.30. The fourth-order valence-corrected chi connectivity index (χ4v) is 3.45. The van der Waals surface area contributed by atoms with Gasteiger partial charge in [0.05, 0.1) is 12.1 Å². The van der Waals surface area contributed by atoms with Crippen molar-refractivity contribution in [3.63, 3.8) is 0 Å². The van der Waals surface area contributed by atoms with Crippen molar-refractivity contribution in [1.82, 2.24) is 4.57 Å². The summed E-state index contributed by atoms with van der Waals surface area (Å²) >= 11 is 6.12. The van der Waals surface area contributed by atoms with Gasteiger partial charge in [-0.3, -0.25) is 4.57 Å². The Bertz CT molecular complexity index is 1100. The summed E-state index contributed by atoms with van der Waals surface area (Å²) in [5.41, 5.74) is -1.96. The van der Waals surface area contributed by atoms with Crippen LogP contribution in [0.25, 0.3) is 10.9 Å². The summed E-state index contributed by atoms with van der Waals surface area (Å²) in [5.74, 6) is -0.862. The first kappa shape index (κ1) is 21.9. The van der Waals surface area contributed by atoms with Crippen molar-refractivity contribution in [2.24, 2.45) is 0 Å². The molecule has 0 saturated heterocycles. The minimum absolute atomic E-state index is 0.0758. The Balaban J connectivity index is 2.28. The molecule has 1 heterocycles. The van der Waals surface area contributed by atoms with E-state index in [9.17, 15) is 14.7 Å². The highest BCUT2D eigenvalue weighted by Crippen LogP contribution is 2.38. The van der Waals surface area contributed by atoms with Gasteiger partial charge in [0.15, 0.2) is 0 Å². The summed E-state index contributed by atoms with van der Waals surface area (Å²) < 4.78 is 12.0. The van der Waals surface area contributed by atoms with Gasteiger partial charge in [0.2, 0.25) is 5.60 Å². The van der Waals surface area contributed by atoms with Crippen LogP contribution >= 0.6 is 11.6 Å². The number of nitrogens with zero attached hydrogens (tertiary/aromatic N) is 1. The lowest BCUT2D eigenvalue weighted by molar-refractivity contribution is -0.161. The molecule has 7 heteroatoms. The minimum Gasteiger partial charge on any atom is -0.463 e. The van der Waals surface area contributed by atoms with E-state index in [4.69, 9.17) is 21.1 Å². The molecule has 2 aromatic carbocycles. The monoisotopic (exact) mass is 429 g/mol. The smallest absolute Gasteiger partial charge is 0.419 e. The largest absolute Gasteiger partial charge is 0.463 e. The second kappa shape index (κ2) is 8.13. The van der Waals surface area contributed by atoms with E-state index in [1.165, 1.54) is 16.8 Å². The van der Waals surface area contributed by atoms with Crippen LogP contribution in [0.4, 0.5) is 4.79 Å². The molecule has 0 saturated carbocycles. The Kier molecular flexibility index (Phi) is 5.92. The van der Waals surface area contributed by atoms with Crippen LogP contribution in [0.15, 0.2) is 54.7 Å². The number of carbonyl (C=O) groups is 2. The number of rotatable bonds is 4. The molecule has 0 fully saturated rings. The van der Waals surface area contributed by atoms with Gasteiger partial charge in [-0.05, 0) is 45.9 Å². The predicted molar refractivity (Wildman–Crippen MR) is 115 cm³/mol. The normalized spacial score (nSPS) is 13.7. The molecule has 1 atom stereocenters. The van der Waals surface area contributed by atoms with Gasteiger partial charge < -0.3 is 14.6 Å². The number of hydrogen-bond acceptors (Lipinski definition) is 5. The van der Waals surface area contributed by atoms with Crippen molar-refractivity contribution in [1.29, 1.82) is 0 Å². The first-order valence-electron chi connectivity index (χ1n) is 9.57. The van der Waals surface area contributed by atoms with Gasteiger partial charge in [-0.15, -0.1) is 0 Å². The average Bonchev–Trinajstić information content (AvgIpc) is 3.06. The van der Waals surface area contributed by atoms with Crippen molar-refractivity contribution in [2.75, 3.05) is 6.61 Å². The molecule has 1 N–H and O–H groups in total. The zero-order valence-corrected chi connectivity index (χ0v) is 18.1. The molecule has 0 radical (unpaired) electrons. The van der Waals surface area contributed by atoms with Gasteiger partial charge in [0.1, 0.15) is 5.60 Å². The number of carbonyl (C=O) groups excluding carboxylic acids is 2. The molecule has 1 aromatic heterocycles. The molecule has 0 aliphatic carbocycles. The number of aliphatic hydroxyl groups is 1. The molecule has 30 heavy (non-hydrogen) atoms. The zero-order valence-electron chi connectivity index (χ0n) is 17.3. The van der Waals surface area contributed by atoms with Gasteiger partial charge >= 0.3 is 12.1 Å².